The van der Waals surface area contributed by atoms with Crippen LogP contribution in [0.2, 0.25) is 0 Å². The Bertz CT molecular complexity index is 1400. The molecule has 0 spiro atoms. The zero-order valence-corrected chi connectivity index (χ0v) is 27.3. The molecule has 7 rings (SSSR count). The first-order chi connectivity index (χ1) is 22.5. The summed E-state index contributed by atoms with van der Waals surface area (Å²) in [6.07, 6.45) is -6.79. The molecular weight excluding hydrogens is 610 g/mol. The molecule has 0 N–H and O–H groups in total. The van der Waals surface area contributed by atoms with E-state index in [1.54, 1.807) is 6.92 Å². The van der Waals surface area contributed by atoms with Gasteiger partial charge in [0.1, 0.15) is 54.9 Å². The molecule has 0 radical (unpaired) electrons. The first-order valence-electron chi connectivity index (χ1n) is 16.2. The number of nitrogens with zero attached hydrogens (tertiary/aromatic N) is 1. The van der Waals surface area contributed by atoms with Crippen LogP contribution in [0.3, 0.4) is 0 Å². The second-order valence-corrected chi connectivity index (χ2v) is 13.6. The molecule has 5 saturated heterocycles. The summed E-state index contributed by atoms with van der Waals surface area (Å²) in [5.74, 6) is -3.15. The van der Waals surface area contributed by atoms with Crippen LogP contribution in [0.4, 0.5) is 0 Å². The summed E-state index contributed by atoms with van der Waals surface area (Å²) in [5, 5.41) is 9.89. The van der Waals surface area contributed by atoms with Crippen LogP contribution >= 0.6 is 0 Å². The van der Waals surface area contributed by atoms with Gasteiger partial charge in [0, 0.05) is 6.92 Å². The third-order valence-corrected chi connectivity index (χ3v) is 8.96. The van der Waals surface area contributed by atoms with Crippen LogP contribution < -0.4 is 0 Å². The SMILES string of the molecule is CC1(C)O[C@H]2O[C@H]([C@H]3COC(C)(C)O3)[C@H](O[C@@H]3O[C@@H]4CO[C@](C)(C#N)O[C@H]4[C@H](OCc4ccccc4)[C@@H]3OCc3ccccc3)[C@H]2O1. The molecule has 2 aromatic carbocycles. The Balaban J connectivity index is 1.21. The quantitative estimate of drug-likeness (QED) is 0.389. The average molecular weight is 654 g/mol. The Morgan fingerprint density at radius 3 is 1.91 bits per heavy atom. The fourth-order valence-corrected chi connectivity index (χ4v) is 6.75. The zero-order chi connectivity index (χ0) is 32.8. The third-order valence-electron chi connectivity index (χ3n) is 8.96. The minimum absolute atomic E-state index is 0.0856. The van der Waals surface area contributed by atoms with Crippen molar-refractivity contribution in [3.63, 3.8) is 0 Å². The van der Waals surface area contributed by atoms with Crippen molar-refractivity contribution in [2.45, 2.75) is 127 Å². The minimum atomic E-state index is -1.48. The maximum absolute atomic E-state index is 9.89. The Hall–Kier alpha value is -2.51. The number of hydrogen-bond acceptors (Lipinski definition) is 12. The van der Waals surface area contributed by atoms with Crippen molar-refractivity contribution in [3.05, 3.63) is 71.8 Å². The second-order valence-electron chi connectivity index (χ2n) is 13.6. The molecule has 254 valence electrons. The lowest BCUT2D eigenvalue weighted by molar-refractivity contribution is -0.390. The summed E-state index contributed by atoms with van der Waals surface area (Å²) < 4.78 is 69.9. The van der Waals surface area contributed by atoms with Crippen molar-refractivity contribution in [2.75, 3.05) is 13.2 Å². The smallest absolute Gasteiger partial charge is 0.256 e. The molecule has 5 aliphatic rings. The monoisotopic (exact) mass is 653 g/mol. The van der Waals surface area contributed by atoms with Gasteiger partial charge < -0.3 is 52.1 Å². The highest BCUT2D eigenvalue weighted by Crippen LogP contribution is 2.44. The van der Waals surface area contributed by atoms with Gasteiger partial charge in [-0.15, -0.1) is 0 Å². The van der Waals surface area contributed by atoms with Crippen LogP contribution in [-0.4, -0.2) is 92.0 Å². The van der Waals surface area contributed by atoms with E-state index in [0.29, 0.717) is 6.61 Å². The van der Waals surface area contributed by atoms with Gasteiger partial charge in [0.2, 0.25) is 0 Å². The van der Waals surface area contributed by atoms with E-state index in [4.69, 9.17) is 52.1 Å². The average Bonchev–Trinajstić information content (AvgIpc) is 3.68. The maximum atomic E-state index is 9.89. The van der Waals surface area contributed by atoms with Crippen LogP contribution in [0.5, 0.6) is 0 Å². The molecule has 0 saturated carbocycles. The van der Waals surface area contributed by atoms with Gasteiger partial charge in [-0.2, -0.15) is 5.26 Å². The molecule has 0 bridgehead atoms. The largest absolute Gasteiger partial charge is 0.368 e. The van der Waals surface area contributed by atoms with Gasteiger partial charge in [-0.3, -0.25) is 0 Å². The van der Waals surface area contributed by atoms with E-state index in [-0.39, 0.29) is 19.8 Å². The van der Waals surface area contributed by atoms with Crippen LogP contribution in [0.15, 0.2) is 60.7 Å². The maximum Gasteiger partial charge on any atom is 0.256 e. The van der Waals surface area contributed by atoms with Gasteiger partial charge in [0.15, 0.2) is 24.2 Å². The lowest BCUT2D eigenvalue weighted by atomic mass is 9.96. The van der Waals surface area contributed by atoms with E-state index in [1.807, 2.05) is 88.4 Å². The number of nitriles is 1. The number of benzene rings is 2. The fourth-order valence-electron chi connectivity index (χ4n) is 6.75. The van der Waals surface area contributed by atoms with E-state index in [2.05, 4.69) is 6.07 Å². The minimum Gasteiger partial charge on any atom is -0.368 e. The molecule has 12 nitrogen and oxygen atoms in total. The normalized spacial score (nSPS) is 40.4. The Kier molecular flexibility index (Phi) is 9.18. The zero-order valence-electron chi connectivity index (χ0n) is 27.3. The van der Waals surface area contributed by atoms with Gasteiger partial charge in [-0.05, 0) is 38.8 Å². The number of ether oxygens (including phenoxy) is 11. The van der Waals surface area contributed by atoms with Crippen LogP contribution in [-0.2, 0) is 65.3 Å². The number of fused-ring (bicyclic) bond motifs is 2. The molecule has 11 atom stereocenters. The fraction of sp³-hybridized carbons (Fsp3) is 0.629. The van der Waals surface area contributed by atoms with Crippen LogP contribution in [0.1, 0.15) is 45.7 Å². The molecule has 5 aliphatic heterocycles. The van der Waals surface area contributed by atoms with Crippen molar-refractivity contribution in [3.8, 4) is 6.07 Å². The van der Waals surface area contributed by atoms with E-state index < -0.39 is 78.8 Å². The molecule has 0 unspecified atom stereocenters. The lowest BCUT2D eigenvalue weighted by Crippen LogP contribution is -2.67. The molecule has 0 aromatic heterocycles. The lowest BCUT2D eigenvalue weighted by Gasteiger charge is -2.50. The first kappa shape index (κ1) is 33.0. The molecule has 2 aromatic rings. The summed E-state index contributed by atoms with van der Waals surface area (Å²) >= 11 is 0. The van der Waals surface area contributed by atoms with Crippen molar-refractivity contribution in [1.82, 2.24) is 0 Å². The van der Waals surface area contributed by atoms with E-state index in [1.165, 1.54) is 0 Å². The Morgan fingerprint density at radius 2 is 1.30 bits per heavy atom. The first-order valence-corrected chi connectivity index (χ1v) is 16.2. The van der Waals surface area contributed by atoms with Gasteiger partial charge >= 0.3 is 0 Å². The van der Waals surface area contributed by atoms with Gasteiger partial charge in [0.05, 0.1) is 26.4 Å². The summed E-state index contributed by atoms with van der Waals surface area (Å²) in [6.45, 7) is 9.90. The highest BCUT2D eigenvalue weighted by atomic mass is 16.9. The van der Waals surface area contributed by atoms with Crippen LogP contribution in [0, 0.1) is 11.3 Å². The summed E-state index contributed by atoms with van der Waals surface area (Å²) in [6, 6.07) is 21.8. The van der Waals surface area contributed by atoms with Crippen molar-refractivity contribution in [1.29, 1.82) is 5.26 Å². The predicted molar refractivity (Wildman–Crippen MR) is 162 cm³/mol. The van der Waals surface area contributed by atoms with Gasteiger partial charge in [-0.1, -0.05) is 60.7 Å². The summed E-state index contributed by atoms with van der Waals surface area (Å²) in [4.78, 5) is 0. The Morgan fingerprint density at radius 1 is 0.660 bits per heavy atom. The predicted octanol–water partition coefficient (Wildman–Crippen LogP) is 3.95. The Labute approximate surface area is 274 Å². The molecular formula is C35H43NO11. The van der Waals surface area contributed by atoms with Crippen molar-refractivity contribution in [2.24, 2.45) is 0 Å². The number of rotatable bonds is 9. The van der Waals surface area contributed by atoms with E-state index >= 15 is 0 Å². The highest BCUT2D eigenvalue weighted by molar-refractivity contribution is 5.15. The second kappa shape index (κ2) is 13.1. The van der Waals surface area contributed by atoms with Gasteiger partial charge in [-0.25, -0.2) is 0 Å². The summed E-state index contributed by atoms with van der Waals surface area (Å²) in [5.41, 5.74) is 1.93. The molecule has 0 amide bonds. The molecule has 12 heteroatoms. The van der Waals surface area contributed by atoms with E-state index in [9.17, 15) is 5.26 Å². The molecule has 5 fully saturated rings. The molecule has 0 aliphatic carbocycles. The topological polar surface area (TPSA) is 125 Å². The molecule has 47 heavy (non-hydrogen) atoms. The standard InChI is InChI=1S/C35H43NO11/c1-33(2)39-19-24(44-33)25-28(30-32(42-25)47-34(3,4)45-30)43-31-29(38-17-22-14-10-7-11-15-22)27(37-16-21-12-8-6-9-13-21)26-23(41-31)18-40-35(5,20-36)46-26/h6-15,23-32H,16-19H2,1-5H3/t23-,24-,25-,26-,27+,28+,29+,30-,31+,32-,35+/m1/s1. The molecule has 5 heterocycles. The van der Waals surface area contributed by atoms with Crippen molar-refractivity contribution < 1.29 is 52.1 Å². The van der Waals surface area contributed by atoms with Crippen LogP contribution in [0.25, 0.3) is 0 Å². The van der Waals surface area contributed by atoms with Gasteiger partial charge in [0.25, 0.3) is 5.79 Å². The summed E-state index contributed by atoms with van der Waals surface area (Å²) in [7, 11) is 0. The number of hydrogen-bond donors (Lipinski definition) is 0. The van der Waals surface area contributed by atoms with Crippen molar-refractivity contribution >= 4 is 0 Å². The third kappa shape index (κ3) is 7.13. The van der Waals surface area contributed by atoms with E-state index in [0.717, 1.165) is 11.1 Å². The highest BCUT2D eigenvalue weighted by Gasteiger charge is 2.62.